The third-order valence-corrected chi connectivity index (χ3v) is 6.63. The fourth-order valence-corrected chi connectivity index (χ4v) is 5.15. The van der Waals surface area contributed by atoms with Gasteiger partial charge in [-0.1, -0.05) is 6.07 Å². The third-order valence-electron chi connectivity index (χ3n) is 4.19. The molecule has 2 aromatic carbocycles. The lowest BCUT2D eigenvalue weighted by Gasteiger charge is -2.28. The van der Waals surface area contributed by atoms with Gasteiger partial charge in [-0.25, -0.2) is 0 Å². The molecule has 1 unspecified atom stereocenters. The van der Waals surface area contributed by atoms with Gasteiger partial charge in [-0.2, -0.15) is 0 Å². The standard InChI is InChI=1S/C20H27O7P/c1-6-26-28(22,27-7-2)20(16-13-15(23-3)9-10-17(16)21)14-8-11-18(24-4)19(12-14)25-5/h8-13,20-21H,6-7H2,1-5H3. The van der Waals surface area contributed by atoms with Crippen molar-refractivity contribution >= 4 is 7.60 Å². The van der Waals surface area contributed by atoms with Crippen LogP contribution in [-0.4, -0.2) is 39.6 Å². The van der Waals surface area contributed by atoms with Gasteiger partial charge in [-0.15, -0.1) is 0 Å². The number of aromatic hydroxyl groups is 1. The fraction of sp³-hybridized carbons (Fsp3) is 0.400. The molecule has 0 bridgehead atoms. The van der Waals surface area contributed by atoms with Gasteiger partial charge in [-0.3, -0.25) is 4.57 Å². The lowest BCUT2D eigenvalue weighted by molar-refractivity contribution is 0.214. The molecule has 0 aliphatic rings. The molecule has 0 aliphatic carbocycles. The summed E-state index contributed by atoms with van der Waals surface area (Å²) in [5, 5.41) is 10.5. The minimum Gasteiger partial charge on any atom is -0.508 e. The molecule has 154 valence electrons. The quantitative estimate of drug-likeness (QED) is 0.565. The summed E-state index contributed by atoms with van der Waals surface area (Å²) in [4.78, 5) is 0. The van der Waals surface area contributed by atoms with Gasteiger partial charge in [0.15, 0.2) is 11.5 Å². The van der Waals surface area contributed by atoms with Crippen molar-refractivity contribution in [1.82, 2.24) is 0 Å². The van der Waals surface area contributed by atoms with Crippen LogP contribution in [-0.2, 0) is 13.6 Å². The Bertz CT molecular complexity index is 827. The first-order valence-corrected chi connectivity index (χ1v) is 10.5. The zero-order valence-electron chi connectivity index (χ0n) is 16.8. The van der Waals surface area contributed by atoms with Crippen LogP contribution in [0.1, 0.15) is 30.6 Å². The number of hydrogen-bond acceptors (Lipinski definition) is 7. The van der Waals surface area contributed by atoms with E-state index in [4.69, 9.17) is 23.3 Å². The minimum absolute atomic E-state index is 0.0415. The summed E-state index contributed by atoms with van der Waals surface area (Å²) in [6.45, 7) is 3.85. The van der Waals surface area contributed by atoms with E-state index in [1.807, 2.05) is 0 Å². The van der Waals surface area contributed by atoms with E-state index in [1.165, 1.54) is 27.4 Å². The lowest BCUT2D eigenvalue weighted by Crippen LogP contribution is -2.09. The predicted octanol–water partition coefficient (Wildman–Crippen LogP) is 4.77. The predicted molar refractivity (Wildman–Crippen MR) is 107 cm³/mol. The molecule has 0 amide bonds. The smallest absolute Gasteiger partial charge is 0.342 e. The van der Waals surface area contributed by atoms with Crippen molar-refractivity contribution in [3.63, 3.8) is 0 Å². The minimum atomic E-state index is -3.70. The van der Waals surface area contributed by atoms with E-state index in [0.29, 0.717) is 28.4 Å². The van der Waals surface area contributed by atoms with E-state index in [-0.39, 0.29) is 19.0 Å². The third kappa shape index (κ3) is 4.61. The Hall–Kier alpha value is -2.21. The number of hydrogen-bond donors (Lipinski definition) is 1. The van der Waals surface area contributed by atoms with Crippen LogP contribution in [0.25, 0.3) is 0 Å². The highest BCUT2D eigenvalue weighted by Crippen LogP contribution is 2.65. The second-order valence-corrected chi connectivity index (χ2v) is 7.93. The normalized spacial score (nSPS) is 12.5. The average Bonchev–Trinajstić information content (AvgIpc) is 2.69. The SMILES string of the molecule is CCOP(=O)(OCC)C(c1ccc(OC)c(OC)c1)c1cc(OC)ccc1O. The maximum absolute atomic E-state index is 13.8. The zero-order valence-corrected chi connectivity index (χ0v) is 17.7. The second kappa shape index (κ2) is 9.82. The highest BCUT2D eigenvalue weighted by molar-refractivity contribution is 7.54. The van der Waals surface area contributed by atoms with E-state index < -0.39 is 13.3 Å². The number of phenols is 1. The van der Waals surface area contributed by atoms with Crippen molar-refractivity contribution < 1.29 is 32.9 Å². The molecule has 1 atom stereocenters. The van der Waals surface area contributed by atoms with Gasteiger partial charge in [0, 0.05) is 5.56 Å². The van der Waals surface area contributed by atoms with E-state index in [1.54, 1.807) is 44.2 Å². The van der Waals surface area contributed by atoms with Crippen LogP contribution >= 0.6 is 7.60 Å². The Morgan fingerprint density at radius 2 is 1.54 bits per heavy atom. The maximum Gasteiger partial charge on any atom is 0.342 e. The van der Waals surface area contributed by atoms with Gasteiger partial charge in [-0.05, 0) is 49.7 Å². The van der Waals surface area contributed by atoms with Crippen LogP contribution < -0.4 is 14.2 Å². The van der Waals surface area contributed by atoms with Crippen LogP contribution in [0.2, 0.25) is 0 Å². The summed E-state index contributed by atoms with van der Waals surface area (Å²) in [6.07, 6.45) is 0. The molecule has 2 aromatic rings. The lowest BCUT2D eigenvalue weighted by atomic mass is 10.0. The van der Waals surface area contributed by atoms with Gasteiger partial charge in [0.1, 0.15) is 17.2 Å². The topological polar surface area (TPSA) is 83.5 Å². The van der Waals surface area contributed by atoms with E-state index >= 15 is 0 Å². The van der Waals surface area contributed by atoms with Crippen molar-refractivity contribution in [3.8, 4) is 23.0 Å². The molecule has 0 saturated carbocycles. The largest absolute Gasteiger partial charge is 0.508 e. The first-order valence-electron chi connectivity index (χ1n) is 8.91. The molecule has 1 N–H and O–H groups in total. The molecule has 0 radical (unpaired) electrons. The fourth-order valence-electron chi connectivity index (χ4n) is 2.98. The average molecular weight is 410 g/mol. The molecule has 0 fully saturated rings. The van der Waals surface area contributed by atoms with Crippen molar-refractivity contribution in [2.75, 3.05) is 34.5 Å². The molecule has 28 heavy (non-hydrogen) atoms. The Balaban J connectivity index is 2.75. The maximum atomic E-state index is 13.8. The van der Waals surface area contributed by atoms with Crippen LogP contribution in [0.3, 0.4) is 0 Å². The summed E-state index contributed by atoms with van der Waals surface area (Å²) >= 11 is 0. The van der Waals surface area contributed by atoms with Crippen molar-refractivity contribution in [2.45, 2.75) is 19.5 Å². The number of methoxy groups -OCH3 is 3. The van der Waals surface area contributed by atoms with Crippen molar-refractivity contribution in [1.29, 1.82) is 0 Å². The highest BCUT2D eigenvalue weighted by Gasteiger charge is 2.40. The first kappa shape index (κ1) is 22.1. The highest BCUT2D eigenvalue weighted by atomic mass is 31.2. The summed E-state index contributed by atoms with van der Waals surface area (Å²) in [7, 11) is 0.878. The van der Waals surface area contributed by atoms with Crippen LogP contribution in [0.5, 0.6) is 23.0 Å². The van der Waals surface area contributed by atoms with Crippen molar-refractivity contribution in [2.24, 2.45) is 0 Å². The molecular weight excluding hydrogens is 383 g/mol. The molecule has 7 nitrogen and oxygen atoms in total. The number of benzene rings is 2. The Morgan fingerprint density at radius 1 is 0.893 bits per heavy atom. The summed E-state index contributed by atoms with van der Waals surface area (Å²) in [5.74, 6) is 1.47. The molecule has 2 rings (SSSR count). The molecule has 0 heterocycles. The Kier molecular flexibility index (Phi) is 7.75. The Morgan fingerprint density at radius 3 is 2.07 bits per heavy atom. The van der Waals surface area contributed by atoms with Crippen LogP contribution in [0.15, 0.2) is 36.4 Å². The van der Waals surface area contributed by atoms with Gasteiger partial charge in [0.25, 0.3) is 0 Å². The molecule has 8 heteroatoms. The summed E-state index contributed by atoms with van der Waals surface area (Å²) < 4.78 is 40.9. The van der Waals surface area contributed by atoms with E-state index in [2.05, 4.69) is 0 Å². The van der Waals surface area contributed by atoms with Gasteiger partial charge in [0.05, 0.1) is 34.5 Å². The monoisotopic (exact) mass is 410 g/mol. The van der Waals surface area contributed by atoms with Crippen molar-refractivity contribution in [3.05, 3.63) is 47.5 Å². The molecule has 0 saturated heterocycles. The van der Waals surface area contributed by atoms with Gasteiger partial charge >= 0.3 is 7.60 Å². The molecular formula is C20H27O7P. The van der Waals surface area contributed by atoms with Crippen LogP contribution in [0, 0.1) is 0 Å². The van der Waals surface area contributed by atoms with E-state index in [0.717, 1.165) is 0 Å². The van der Waals surface area contributed by atoms with Gasteiger partial charge < -0.3 is 28.4 Å². The number of phenolic OH excluding ortho intramolecular Hbond substituents is 1. The zero-order chi connectivity index (χ0) is 20.7. The number of rotatable bonds is 10. The summed E-state index contributed by atoms with van der Waals surface area (Å²) in [6, 6.07) is 9.89. The molecule has 0 spiro atoms. The molecule has 0 aromatic heterocycles. The summed E-state index contributed by atoms with van der Waals surface area (Å²) in [5.41, 5.74) is 0.0746. The molecule has 0 aliphatic heterocycles. The van der Waals surface area contributed by atoms with E-state index in [9.17, 15) is 9.67 Å². The second-order valence-electron chi connectivity index (χ2n) is 5.82. The van der Waals surface area contributed by atoms with Gasteiger partial charge in [0.2, 0.25) is 0 Å². The first-order chi connectivity index (χ1) is 13.4. The van der Waals surface area contributed by atoms with Crippen LogP contribution in [0.4, 0.5) is 0 Å². The number of ether oxygens (including phenoxy) is 3. The Labute approximate surface area is 165 Å².